The van der Waals surface area contributed by atoms with Crippen LogP contribution >= 0.6 is 15.9 Å². The predicted octanol–water partition coefficient (Wildman–Crippen LogP) is 6.31. The van der Waals surface area contributed by atoms with Crippen molar-refractivity contribution in [3.05, 3.63) is 111 Å². The number of Topliss-reactive ketones (excluding diaryl/α,β-unsaturated/α-hetero) is 1. The van der Waals surface area contributed by atoms with Crippen LogP contribution in [0.4, 0.5) is 10.1 Å². The second-order valence-corrected chi connectivity index (χ2v) is 12.5. The second kappa shape index (κ2) is 10.0. The third-order valence-electron chi connectivity index (χ3n) is 9.30. The van der Waals surface area contributed by atoms with Gasteiger partial charge in [0, 0.05) is 28.7 Å². The van der Waals surface area contributed by atoms with E-state index in [0.29, 0.717) is 39.4 Å². The van der Waals surface area contributed by atoms with Crippen molar-refractivity contribution in [3.63, 3.8) is 0 Å². The number of allylic oxidation sites excluding steroid dienone is 6. The molecule has 3 aromatic carbocycles. The molecule has 0 radical (unpaired) electrons. The lowest BCUT2D eigenvalue weighted by Crippen LogP contribution is -2.39. The molecule has 0 saturated carbocycles. The van der Waals surface area contributed by atoms with Crippen LogP contribution in [0.25, 0.3) is 22.6 Å². The number of nitrogens with zero attached hydrogens (tertiary/aromatic N) is 2. The number of halogens is 2. The number of carbonyl (C=O) groups is 4. The number of hydrogen-bond donors (Lipinski definition) is 1. The summed E-state index contributed by atoms with van der Waals surface area (Å²) in [6, 6.07) is 18.1. The molecule has 8 nitrogen and oxygen atoms in total. The lowest BCUT2D eigenvalue weighted by atomic mass is 9.59. The first kappa shape index (κ1) is 27.6. The number of ketones is 2. The van der Waals surface area contributed by atoms with Crippen molar-refractivity contribution < 1.29 is 33.1 Å². The normalized spacial score (nSPS) is 24.4. The Morgan fingerprint density at radius 1 is 0.956 bits per heavy atom. The van der Waals surface area contributed by atoms with E-state index in [9.17, 15) is 28.7 Å². The van der Waals surface area contributed by atoms with Crippen LogP contribution in [-0.2, 0) is 19.2 Å². The summed E-state index contributed by atoms with van der Waals surface area (Å²) < 4.78 is 20.6. The number of para-hydroxylation sites is 2. The van der Waals surface area contributed by atoms with E-state index in [2.05, 4.69) is 20.9 Å². The van der Waals surface area contributed by atoms with Crippen molar-refractivity contribution >= 4 is 56.1 Å². The minimum Gasteiger partial charge on any atom is -0.505 e. The van der Waals surface area contributed by atoms with Crippen LogP contribution in [0.1, 0.15) is 24.3 Å². The molecule has 1 saturated heterocycles. The van der Waals surface area contributed by atoms with Crippen LogP contribution in [0.15, 0.2) is 105 Å². The molecule has 10 heteroatoms. The number of benzene rings is 3. The number of hydrogen-bond acceptors (Lipinski definition) is 7. The molecule has 1 N–H and O–H groups in total. The van der Waals surface area contributed by atoms with Crippen LogP contribution in [0.2, 0.25) is 0 Å². The average Bonchev–Trinajstić information content (AvgIpc) is 3.59. The van der Waals surface area contributed by atoms with Gasteiger partial charge in [-0.2, -0.15) is 0 Å². The van der Waals surface area contributed by atoms with Gasteiger partial charge in [-0.1, -0.05) is 29.8 Å². The Bertz CT molecular complexity index is 2080. The fraction of sp³-hybridized carbons (Fsp3) is 0.171. The van der Waals surface area contributed by atoms with Gasteiger partial charge in [0.05, 0.1) is 22.0 Å². The molecule has 0 unspecified atom stereocenters. The number of amides is 2. The first-order chi connectivity index (χ1) is 21.7. The van der Waals surface area contributed by atoms with E-state index in [4.69, 9.17) is 4.42 Å². The van der Waals surface area contributed by atoms with Gasteiger partial charge in [0.2, 0.25) is 17.7 Å². The van der Waals surface area contributed by atoms with Crippen LogP contribution < -0.4 is 4.90 Å². The van der Waals surface area contributed by atoms with E-state index in [1.165, 1.54) is 23.1 Å². The molecule has 1 aliphatic heterocycles. The number of fused-ring (bicyclic) bond motifs is 4. The van der Waals surface area contributed by atoms with Gasteiger partial charge in [0.25, 0.3) is 0 Å². The van der Waals surface area contributed by atoms with Crippen LogP contribution in [0.5, 0.6) is 5.75 Å². The molecule has 1 aromatic heterocycles. The third kappa shape index (κ3) is 4.12. The average molecular weight is 665 g/mol. The molecule has 2 amide bonds. The van der Waals surface area contributed by atoms with E-state index in [1.807, 2.05) is 30.3 Å². The summed E-state index contributed by atoms with van der Waals surface area (Å²) in [7, 11) is 0. The highest BCUT2D eigenvalue weighted by Crippen LogP contribution is 2.55. The molecule has 45 heavy (non-hydrogen) atoms. The van der Waals surface area contributed by atoms with Crippen LogP contribution in [0, 0.1) is 23.6 Å². The lowest BCUT2D eigenvalue weighted by molar-refractivity contribution is -0.123. The molecule has 2 heterocycles. The van der Waals surface area contributed by atoms with Gasteiger partial charge >= 0.3 is 0 Å². The number of oxazole rings is 1. The maximum Gasteiger partial charge on any atom is 0.238 e. The number of phenolic OH excluding ortho intramolecular Hbond substituents is 1. The predicted molar refractivity (Wildman–Crippen MR) is 165 cm³/mol. The van der Waals surface area contributed by atoms with Crippen molar-refractivity contribution in [3.8, 4) is 17.2 Å². The molecule has 1 fully saturated rings. The minimum atomic E-state index is -0.864. The fourth-order valence-corrected chi connectivity index (χ4v) is 7.74. The van der Waals surface area contributed by atoms with Gasteiger partial charge in [0.1, 0.15) is 5.52 Å². The number of rotatable bonds is 3. The highest BCUT2D eigenvalue weighted by Gasteiger charge is 2.56. The number of anilines is 1. The molecule has 4 aliphatic rings. The Morgan fingerprint density at radius 3 is 2.49 bits per heavy atom. The zero-order chi connectivity index (χ0) is 31.1. The van der Waals surface area contributed by atoms with E-state index in [0.717, 1.165) is 6.07 Å². The topological polar surface area (TPSA) is 118 Å². The van der Waals surface area contributed by atoms with Crippen molar-refractivity contribution in [2.24, 2.45) is 17.8 Å². The second-order valence-electron chi connectivity index (χ2n) is 11.6. The molecule has 8 rings (SSSR count). The maximum absolute atomic E-state index is 14.6. The largest absolute Gasteiger partial charge is 0.505 e. The Morgan fingerprint density at radius 2 is 1.73 bits per heavy atom. The van der Waals surface area contributed by atoms with Crippen molar-refractivity contribution in [1.29, 1.82) is 0 Å². The van der Waals surface area contributed by atoms with Crippen molar-refractivity contribution in [2.75, 3.05) is 4.90 Å². The maximum atomic E-state index is 14.6. The zero-order valence-electron chi connectivity index (χ0n) is 23.4. The van der Waals surface area contributed by atoms with Gasteiger partial charge in [0.15, 0.2) is 28.7 Å². The summed E-state index contributed by atoms with van der Waals surface area (Å²) in [6.45, 7) is 0. The van der Waals surface area contributed by atoms with Crippen molar-refractivity contribution in [1.82, 2.24) is 4.98 Å². The summed E-state index contributed by atoms with van der Waals surface area (Å²) in [4.78, 5) is 60.4. The first-order valence-corrected chi connectivity index (χ1v) is 15.2. The van der Waals surface area contributed by atoms with E-state index >= 15 is 0 Å². The molecule has 0 bridgehead atoms. The Labute approximate surface area is 263 Å². The van der Waals surface area contributed by atoms with Gasteiger partial charge in [-0.15, -0.1) is 0 Å². The highest BCUT2D eigenvalue weighted by molar-refractivity contribution is 9.12. The molecule has 3 aliphatic carbocycles. The molecule has 0 spiro atoms. The van der Waals surface area contributed by atoms with Gasteiger partial charge < -0.3 is 9.52 Å². The van der Waals surface area contributed by atoms with E-state index in [-0.39, 0.29) is 51.9 Å². The smallest absolute Gasteiger partial charge is 0.238 e. The van der Waals surface area contributed by atoms with E-state index < -0.39 is 35.2 Å². The van der Waals surface area contributed by atoms with Crippen molar-refractivity contribution in [2.45, 2.75) is 18.8 Å². The SMILES string of the molecule is O=C1C=C(Br)C(=O)C2=C1[C@@H](c1ccc(O)c(F)c1)C1=CC[C@@H]3C(=O)N(c4ccc(-c5nc6ccccc6o5)cc4)C(=O)[C@@H]3[C@@H]1C2. The molecule has 4 atom stereocenters. The number of phenols is 1. The summed E-state index contributed by atoms with van der Waals surface area (Å²) in [5.74, 6) is -5.29. The summed E-state index contributed by atoms with van der Waals surface area (Å²) in [5.41, 5.74) is 4.01. The van der Waals surface area contributed by atoms with Gasteiger partial charge in [-0.25, -0.2) is 9.37 Å². The number of aromatic hydroxyl groups is 1. The Balaban J connectivity index is 1.16. The fourth-order valence-electron chi connectivity index (χ4n) is 7.29. The molecular formula is C35H22BrFN2O6. The van der Waals surface area contributed by atoms with Crippen LogP contribution in [0.3, 0.4) is 0 Å². The Kier molecular flexibility index (Phi) is 6.15. The molecule has 4 aromatic rings. The number of imide groups is 1. The first-order valence-electron chi connectivity index (χ1n) is 14.4. The summed E-state index contributed by atoms with van der Waals surface area (Å²) in [6.07, 6.45) is 3.42. The molecular weight excluding hydrogens is 643 g/mol. The summed E-state index contributed by atoms with van der Waals surface area (Å²) >= 11 is 3.20. The third-order valence-corrected chi connectivity index (χ3v) is 9.89. The number of aromatic nitrogens is 1. The summed E-state index contributed by atoms with van der Waals surface area (Å²) in [5, 5.41) is 9.84. The standard InChI is InChI=1S/C35H22BrFN2O6/c36-23-15-27(41)31-22(32(23)42)14-21-19(29(31)17-7-12-26(40)24(37)13-17)10-11-20-30(21)35(44)39(34(20)43)18-8-5-16(6-9-18)33-38-25-3-1-2-4-28(25)45-33/h1-10,12-13,15,20-21,29-30,40H,11,14H2/t20-,21+,29-,30-/m0/s1. The Hall–Kier alpha value is -4.96. The quantitative estimate of drug-likeness (QED) is 0.155. The highest BCUT2D eigenvalue weighted by atomic mass is 79.9. The van der Waals surface area contributed by atoms with Gasteiger partial charge in [-0.05, 0) is 88.8 Å². The monoisotopic (exact) mass is 664 g/mol. The zero-order valence-corrected chi connectivity index (χ0v) is 25.0. The lowest BCUT2D eigenvalue weighted by Gasteiger charge is -2.42. The minimum absolute atomic E-state index is 0.0937. The van der Waals surface area contributed by atoms with Crippen LogP contribution in [-0.4, -0.2) is 33.5 Å². The number of carbonyl (C=O) groups excluding carboxylic acids is 4. The van der Waals surface area contributed by atoms with Gasteiger partial charge in [-0.3, -0.25) is 24.1 Å². The molecule has 222 valence electrons. The van der Waals surface area contributed by atoms with E-state index in [1.54, 1.807) is 24.3 Å².